The van der Waals surface area contributed by atoms with Crippen LogP contribution in [0.4, 0.5) is 0 Å². The molecule has 7 heavy (non-hydrogen) atoms. The average Bonchev–Trinajstić information content (AvgIpc) is 1.61. The normalized spacial score (nSPS) is 11.4. The molecule has 0 atom stereocenters. The van der Waals surface area contributed by atoms with Crippen molar-refractivity contribution in [2.75, 3.05) is 21.1 Å². The highest BCUT2D eigenvalue weighted by atomic mass is 32.2. The summed E-state index contributed by atoms with van der Waals surface area (Å²) in [5.41, 5.74) is 1.79. The Morgan fingerprint density at radius 2 is 2.14 bits per heavy atom. The molecule has 0 aromatic carbocycles. The van der Waals surface area contributed by atoms with Crippen LogP contribution >= 0.6 is 11.9 Å². The van der Waals surface area contributed by atoms with Crippen molar-refractivity contribution in [3.8, 4) is 0 Å². The number of nitrogens with zero attached hydrogens (tertiary/aromatic N) is 2. The molecule has 0 aromatic heterocycles. The first-order valence-electron chi connectivity index (χ1n) is 2.02. The molecule has 0 saturated heterocycles. The van der Waals surface area contributed by atoms with Gasteiger partial charge in [0.25, 0.3) is 0 Å². The van der Waals surface area contributed by atoms with Gasteiger partial charge in [-0.15, -0.1) is 0 Å². The first-order chi connectivity index (χ1) is 3.27. The van der Waals surface area contributed by atoms with Crippen molar-refractivity contribution in [2.45, 2.75) is 0 Å². The number of hydrogen-bond donors (Lipinski definition) is 0. The highest BCUT2D eigenvalue weighted by Gasteiger charge is 1.79. The van der Waals surface area contributed by atoms with Crippen molar-refractivity contribution < 1.29 is 0 Å². The van der Waals surface area contributed by atoms with Gasteiger partial charge >= 0.3 is 0 Å². The molecule has 0 N–H and O–H groups in total. The molecule has 0 spiro atoms. The van der Waals surface area contributed by atoms with Crippen LogP contribution in [0.3, 0.4) is 0 Å². The molecular formula is C4H10N2S. The number of aliphatic imine (C=N–C) groups is 1. The van der Waals surface area contributed by atoms with Crippen molar-refractivity contribution >= 4 is 17.5 Å². The van der Waals surface area contributed by atoms with Crippen molar-refractivity contribution in [2.24, 2.45) is 4.99 Å². The van der Waals surface area contributed by atoms with Crippen LogP contribution < -0.4 is 0 Å². The molecule has 0 aromatic rings. The second-order valence-corrected chi connectivity index (χ2v) is 2.43. The van der Waals surface area contributed by atoms with E-state index in [-0.39, 0.29) is 0 Å². The van der Waals surface area contributed by atoms with E-state index in [2.05, 4.69) is 4.99 Å². The largest absolute Gasteiger partial charge is 0.288 e. The van der Waals surface area contributed by atoms with Crippen LogP contribution in [0.5, 0.6) is 0 Å². The number of hydrogen-bond acceptors (Lipinski definition) is 3. The van der Waals surface area contributed by atoms with Gasteiger partial charge in [0.05, 0.1) is 5.55 Å². The Labute approximate surface area is 48.7 Å². The fourth-order valence-electron chi connectivity index (χ4n) is 0.141. The average molecular weight is 118 g/mol. The van der Waals surface area contributed by atoms with E-state index in [1.54, 1.807) is 24.5 Å². The maximum Gasteiger partial charge on any atom is 0.0692 e. The zero-order chi connectivity index (χ0) is 5.70. The molecule has 0 heterocycles. The Bertz CT molecular complexity index is 60.7. The molecule has 2 nitrogen and oxygen atoms in total. The zero-order valence-corrected chi connectivity index (χ0v) is 5.70. The minimum atomic E-state index is 1.57. The summed E-state index contributed by atoms with van der Waals surface area (Å²) in [5, 5.41) is 0. The van der Waals surface area contributed by atoms with Gasteiger partial charge in [-0.3, -0.25) is 9.30 Å². The standard InChI is InChI=1S/C4H10N2S/c1-5-4-7-6(2)3/h4H,1-3H3. The summed E-state index contributed by atoms with van der Waals surface area (Å²) >= 11 is 1.57. The fourth-order valence-corrected chi connectivity index (χ4v) is 0.424. The van der Waals surface area contributed by atoms with Crippen LogP contribution in [0.2, 0.25) is 0 Å². The molecule has 0 radical (unpaired) electrons. The van der Waals surface area contributed by atoms with Crippen molar-refractivity contribution in [3.05, 3.63) is 0 Å². The summed E-state index contributed by atoms with van der Waals surface area (Å²) in [6, 6.07) is 0. The van der Waals surface area contributed by atoms with E-state index in [0.29, 0.717) is 0 Å². The van der Waals surface area contributed by atoms with Gasteiger partial charge in [-0.2, -0.15) is 0 Å². The Hall–Kier alpha value is -0.0200. The maximum absolute atomic E-state index is 3.77. The lowest BCUT2D eigenvalue weighted by molar-refractivity contribution is 0.710. The van der Waals surface area contributed by atoms with Crippen LogP contribution in [0.15, 0.2) is 4.99 Å². The van der Waals surface area contributed by atoms with Crippen LogP contribution in [-0.2, 0) is 0 Å². The third kappa shape index (κ3) is 5.98. The van der Waals surface area contributed by atoms with E-state index in [4.69, 9.17) is 0 Å². The summed E-state index contributed by atoms with van der Waals surface area (Å²) < 4.78 is 1.98. The van der Waals surface area contributed by atoms with E-state index in [1.165, 1.54) is 0 Å². The van der Waals surface area contributed by atoms with E-state index in [9.17, 15) is 0 Å². The van der Waals surface area contributed by atoms with E-state index >= 15 is 0 Å². The zero-order valence-electron chi connectivity index (χ0n) is 4.88. The smallest absolute Gasteiger partial charge is 0.0692 e. The molecule has 0 unspecified atom stereocenters. The van der Waals surface area contributed by atoms with E-state index in [1.807, 2.05) is 18.4 Å². The molecule has 0 amide bonds. The first-order valence-corrected chi connectivity index (χ1v) is 2.85. The van der Waals surface area contributed by atoms with Gasteiger partial charge in [0.2, 0.25) is 0 Å². The fraction of sp³-hybridized carbons (Fsp3) is 0.750. The van der Waals surface area contributed by atoms with Gasteiger partial charge < -0.3 is 0 Å². The van der Waals surface area contributed by atoms with Gasteiger partial charge in [0.15, 0.2) is 0 Å². The van der Waals surface area contributed by atoms with Gasteiger partial charge in [-0.25, -0.2) is 0 Å². The predicted molar refractivity (Wildman–Crippen MR) is 35.7 cm³/mol. The maximum atomic E-state index is 3.77. The summed E-state index contributed by atoms with van der Waals surface area (Å²) in [5.74, 6) is 0. The molecular weight excluding hydrogens is 108 g/mol. The SMILES string of the molecule is CN=CSN(C)C. The quantitative estimate of drug-likeness (QED) is 0.303. The monoisotopic (exact) mass is 118 g/mol. The van der Waals surface area contributed by atoms with Crippen molar-refractivity contribution in [3.63, 3.8) is 0 Å². The van der Waals surface area contributed by atoms with Gasteiger partial charge in [-0.1, -0.05) is 0 Å². The van der Waals surface area contributed by atoms with E-state index < -0.39 is 0 Å². The van der Waals surface area contributed by atoms with E-state index in [0.717, 1.165) is 0 Å². The van der Waals surface area contributed by atoms with Crippen LogP contribution in [-0.4, -0.2) is 31.0 Å². The minimum Gasteiger partial charge on any atom is -0.288 e. The molecule has 0 fully saturated rings. The topological polar surface area (TPSA) is 15.6 Å². The van der Waals surface area contributed by atoms with Gasteiger partial charge in [0, 0.05) is 7.05 Å². The lowest BCUT2D eigenvalue weighted by atomic mass is 11.3. The Kier molecular flexibility index (Phi) is 4.14. The van der Waals surface area contributed by atoms with Crippen LogP contribution in [0.25, 0.3) is 0 Å². The second-order valence-electron chi connectivity index (χ2n) is 1.28. The third-order valence-electron chi connectivity index (χ3n) is 0.363. The number of rotatable bonds is 2. The lowest BCUT2D eigenvalue weighted by Gasteiger charge is -1.99. The Morgan fingerprint density at radius 3 is 2.29 bits per heavy atom. The molecule has 42 valence electrons. The van der Waals surface area contributed by atoms with Crippen LogP contribution in [0.1, 0.15) is 0 Å². The van der Waals surface area contributed by atoms with Gasteiger partial charge in [0.1, 0.15) is 0 Å². The molecule has 0 bridgehead atoms. The minimum absolute atomic E-state index is 1.57. The lowest BCUT2D eigenvalue weighted by Crippen LogP contribution is -1.97. The Balaban J connectivity index is 2.97. The first kappa shape index (κ1) is 6.98. The summed E-state index contributed by atoms with van der Waals surface area (Å²) in [7, 11) is 5.72. The molecule has 3 heteroatoms. The molecule has 0 saturated carbocycles. The second kappa shape index (κ2) is 4.15. The summed E-state index contributed by atoms with van der Waals surface area (Å²) in [4.78, 5) is 3.77. The van der Waals surface area contributed by atoms with Crippen molar-refractivity contribution in [1.82, 2.24) is 4.31 Å². The Morgan fingerprint density at radius 1 is 1.57 bits per heavy atom. The third-order valence-corrected chi connectivity index (χ3v) is 1.09. The summed E-state index contributed by atoms with van der Waals surface area (Å²) in [6.07, 6.45) is 0. The molecule has 0 aliphatic carbocycles. The van der Waals surface area contributed by atoms with Crippen LogP contribution in [0, 0.1) is 0 Å². The highest BCUT2D eigenvalue weighted by Crippen LogP contribution is 1.95. The molecule has 0 aliphatic rings. The molecule has 0 rings (SSSR count). The molecule has 0 aliphatic heterocycles. The predicted octanol–water partition coefficient (Wildman–Crippen LogP) is 0.854. The van der Waals surface area contributed by atoms with Gasteiger partial charge in [-0.05, 0) is 26.0 Å². The summed E-state index contributed by atoms with van der Waals surface area (Å²) in [6.45, 7) is 0. The van der Waals surface area contributed by atoms with Crippen molar-refractivity contribution in [1.29, 1.82) is 0 Å². The highest BCUT2D eigenvalue weighted by molar-refractivity contribution is 8.10.